The highest BCUT2D eigenvalue weighted by molar-refractivity contribution is 6.21. The van der Waals surface area contributed by atoms with Gasteiger partial charge in [0.05, 0.1) is 12.5 Å². The number of furan rings is 1. The van der Waals surface area contributed by atoms with Crippen molar-refractivity contribution in [2.24, 2.45) is 0 Å². The van der Waals surface area contributed by atoms with Crippen molar-refractivity contribution in [3.05, 3.63) is 187 Å². The summed E-state index contributed by atoms with van der Waals surface area (Å²) in [6.45, 7) is 4.58. The minimum Gasteiger partial charge on any atom is -0.453 e. The van der Waals surface area contributed by atoms with E-state index in [0.717, 1.165) is 49.7 Å². The fraction of sp³-hybridized carbons (Fsp3) is 0.0612. The summed E-state index contributed by atoms with van der Waals surface area (Å²) in [4.78, 5) is 2.26. The molecule has 0 fully saturated rings. The molecular weight excluding hydrogens is 619 g/mol. The van der Waals surface area contributed by atoms with Crippen molar-refractivity contribution in [1.82, 2.24) is 0 Å². The molecule has 2 heteroatoms. The second-order valence-electron chi connectivity index (χ2n) is 13.8. The van der Waals surface area contributed by atoms with Gasteiger partial charge in [0.2, 0.25) is 0 Å². The summed E-state index contributed by atoms with van der Waals surface area (Å²) in [5.74, 6) is 0. The fourth-order valence-corrected chi connectivity index (χ4v) is 8.06. The standard InChI is InChI=1S/C49H35NO/c1-49(2)44-22-12-11-19-38(44)39-29-28-36(30-45(39)49)50(35-26-24-33(25-27-35)32-14-5-3-6-15-32)46-23-13-21-41-43-31-42(34-16-7-4-8-17-34)37-18-9-10-20-40(37)47(43)51-48(41)46/h3-31H,1-2H3/i4D,7D,8D,16D,17D. The van der Waals surface area contributed by atoms with Crippen LogP contribution in [0.3, 0.4) is 0 Å². The molecule has 0 bridgehead atoms. The van der Waals surface area contributed by atoms with Crippen molar-refractivity contribution in [2.45, 2.75) is 19.3 Å². The van der Waals surface area contributed by atoms with E-state index in [0.29, 0.717) is 16.7 Å². The van der Waals surface area contributed by atoms with E-state index in [4.69, 9.17) is 11.3 Å². The molecule has 51 heavy (non-hydrogen) atoms. The molecule has 0 atom stereocenters. The van der Waals surface area contributed by atoms with Gasteiger partial charge >= 0.3 is 0 Å². The predicted molar refractivity (Wildman–Crippen MR) is 214 cm³/mol. The number of rotatable bonds is 5. The Morgan fingerprint density at radius 3 is 1.94 bits per heavy atom. The molecule has 1 aliphatic carbocycles. The average Bonchev–Trinajstić information content (AvgIpc) is 3.72. The molecule has 2 nitrogen and oxygen atoms in total. The number of para-hydroxylation sites is 1. The minimum absolute atomic E-state index is 0.168. The quantitative estimate of drug-likeness (QED) is 0.183. The molecule has 0 saturated carbocycles. The van der Waals surface area contributed by atoms with Crippen molar-refractivity contribution in [1.29, 1.82) is 0 Å². The van der Waals surface area contributed by atoms with Gasteiger partial charge in [0.1, 0.15) is 5.58 Å². The van der Waals surface area contributed by atoms with Gasteiger partial charge in [-0.1, -0.05) is 153 Å². The summed E-state index contributed by atoms with van der Waals surface area (Å²) in [6, 6.07) is 48.6. The van der Waals surface area contributed by atoms with Crippen LogP contribution in [-0.4, -0.2) is 0 Å². The van der Waals surface area contributed by atoms with Gasteiger partial charge in [0.15, 0.2) is 5.58 Å². The number of hydrogen-bond donors (Lipinski definition) is 0. The molecule has 0 radical (unpaired) electrons. The summed E-state index contributed by atoms with van der Waals surface area (Å²) >= 11 is 0. The topological polar surface area (TPSA) is 16.4 Å². The first-order valence-electron chi connectivity index (χ1n) is 19.8. The molecular formula is C49H35NO. The Labute approximate surface area is 304 Å². The van der Waals surface area contributed by atoms with Crippen molar-refractivity contribution in [3.8, 4) is 33.4 Å². The maximum Gasteiger partial charge on any atom is 0.159 e. The Hall–Kier alpha value is -6.38. The Morgan fingerprint density at radius 1 is 0.471 bits per heavy atom. The van der Waals surface area contributed by atoms with Crippen molar-refractivity contribution in [3.63, 3.8) is 0 Å². The largest absolute Gasteiger partial charge is 0.453 e. The predicted octanol–water partition coefficient (Wildman–Crippen LogP) is 13.8. The monoisotopic (exact) mass is 658 g/mol. The minimum atomic E-state index is -0.414. The van der Waals surface area contributed by atoms with E-state index in [-0.39, 0.29) is 35.1 Å². The van der Waals surface area contributed by atoms with Crippen LogP contribution >= 0.6 is 0 Å². The molecule has 0 aliphatic heterocycles. The maximum absolute atomic E-state index is 8.85. The highest BCUT2D eigenvalue weighted by atomic mass is 16.3. The lowest BCUT2D eigenvalue weighted by Crippen LogP contribution is -2.16. The van der Waals surface area contributed by atoms with E-state index >= 15 is 0 Å². The summed E-state index contributed by atoms with van der Waals surface area (Å²) in [6.07, 6.45) is 0. The van der Waals surface area contributed by atoms with Gasteiger partial charge < -0.3 is 9.32 Å². The zero-order valence-electron chi connectivity index (χ0n) is 33.2. The molecule has 8 aromatic carbocycles. The van der Waals surface area contributed by atoms with Gasteiger partial charge in [-0.15, -0.1) is 0 Å². The third-order valence-electron chi connectivity index (χ3n) is 10.6. The summed E-state index contributed by atoms with van der Waals surface area (Å²) in [5, 5.41) is 3.20. The molecule has 1 aromatic heterocycles. The second-order valence-corrected chi connectivity index (χ2v) is 13.8. The van der Waals surface area contributed by atoms with Gasteiger partial charge in [0, 0.05) is 32.9 Å². The maximum atomic E-state index is 8.85. The van der Waals surface area contributed by atoms with Gasteiger partial charge in [-0.05, 0) is 86.3 Å². The zero-order valence-corrected chi connectivity index (χ0v) is 28.2. The van der Waals surface area contributed by atoms with E-state index in [1.807, 2.05) is 48.5 Å². The van der Waals surface area contributed by atoms with Crippen LogP contribution < -0.4 is 4.90 Å². The highest BCUT2D eigenvalue weighted by Gasteiger charge is 2.36. The van der Waals surface area contributed by atoms with Crippen molar-refractivity contribution < 1.29 is 11.3 Å². The number of anilines is 3. The van der Waals surface area contributed by atoms with Crippen LogP contribution in [0.25, 0.3) is 66.1 Å². The zero-order chi connectivity index (χ0) is 38.5. The van der Waals surface area contributed by atoms with Gasteiger partial charge in [0.25, 0.3) is 0 Å². The fourth-order valence-electron chi connectivity index (χ4n) is 8.06. The molecule has 0 N–H and O–H groups in total. The van der Waals surface area contributed by atoms with Gasteiger partial charge in [-0.25, -0.2) is 0 Å². The summed E-state index contributed by atoms with van der Waals surface area (Å²) in [5.41, 5.74) is 12.0. The number of nitrogens with zero attached hydrogens (tertiary/aromatic N) is 1. The normalized spacial score (nSPS) is 14.4. The smallest absolute Gasteiger partial charge is 0.159 e. The van der Waals surface area contributed by atoms with Crippen LogP contribution in [-0.2, 0) is 5.41 Å². The van der Waals surface area contributed by atoms with E-state index in [9.17, 15) is 0 Å². The molecule has 0 amide bonds. The van der Waals surface area contributed by atoms with Gasteiger partial charge in [-0.2, -0.15) is 0 Å². The van der Waals surface area contributed by atoms with Crippen molar-refractivity contribution in [2.75, 3.05) is 4.90 Å². The Morgan fingerprint density at radius 2 is 1.12 bits per heavy atom. The molecule has 10 rings (SSSR count). The van der Waals surface area contributed by atoms with Crippen LogP contribution in [0.15, 0.2) is 180 Å². The Balaban J connectivity index is 1.23. The van der Waals surface area contributed by atoms with Gasteiger partial charge in [-0.3, -0.25) is 0 Å². The summed E-state index contributed by atoms with van der Waals surface area (Å²) < 4.78 is 49.8. The third kappa shape index (κ3) is 4.57. The number of hydrogen-bond acceptors (Lipinski definition) is 2. The second kappa shape index (κ2) is 11.3. The van der Waals surface area contributed by atoms with E-state index in [2.05, 4.69) is 116 Å². The molecule has 242 valence electrons. The molecule has 1 aliphatic rings. The lowest BCUT2D eigenvalue weighted by atomic mass is 9.82. The SMILES string of the molecule is [2H]c1c([2H])c([2H])c(-c2cc3c4cccc(N(c5ccc(-c6ccccc6)cc5)c5ccc6c(c5)C(C)(C)c5ccccc5-6)c4oc3c3ccccc23)c([2H])c1[2H]. The first-order chi connectivity index (χ1) is 27.1. The molecule has 0 saturated heterocycles. The lowest BCUT2D eigenvalue weighted by Gasteiger charge is -2.28. The third-order valence-corrected chi connectivity index (χ3v) is 10.6. The number of benzene rings is 8. The van der Waals surface area contributed by atoms with Crippen LogP contribution in [0.1, 0.15) is 31.8 Å². The lowest BCUT2D eigenvalue weighted by molar-refractivity contribution is 0.660. The first-order valence-corrected chi connectivity index (χ1v) is 17.3. The highest BCUT2D eigenvalue weighted by Crippen LogP contribution is 2.51. The molecule has 1 heterocycles. The van der Waals surface area contributed by atoms with Crippen LogP contribution in [0, 0.1) is 0 Å². The van der Waals surface area contributed by atoms with Crippen LogP contribution in [0.2, 0.25) is 0 Å². The van der Waals surface area contributed by atoms with Crippen LogP contribution in [0.5, 0.6) is 0 Å². The number of fused-ring (bicyclic) bond motifs is 8. The van der Waals surface area contributed by atoms with Crippen molar-refractivity contribution >= 4 is 49.8 Å². The van der Waals surface area contributed by atoms with E-state index in [1.54, 1.807) is 0 Å². The van der Waals surface area contributed by atoms with E-state index in [1.165, 1.54) is 22.3 Å². The Kier molecular flexibility index (Phi) is 5.49. The summed E-state index contributed by atoms with van der Waals surface area (Å²) in [7, 11) is 0. The molecule has 0 unspecified atom stereocenters. The average molecular weight is 659 g/mol. The molecule has 9 aromatic rings. The Bertz CT molecular complexity index is 3030. The first kappa shape index (κ1) is 24.7. The molecule has 0 spiro atoms. The van der Waals surface area contributed by atoms with Crippen LogP contribution in [0.4, 0.5) is 17.1 Å². The van der Waals surface area contributed by atoms with E-state index < -0.39 is 6.04 Å².